The number of hydrogen-bond donors (Lipinski definition) is 0. The second-order valence-electron chi connectivity index (χ2n) is 6.85. The van der Waals surface area contributed by atoms with E-state index in [4.69, 9.17) is 9.47 Å². The minimum absolute atomic E-state index is 0.0634. The number of aliphatic carboxylic acids is 1. The van der Waals surface area contributed by atoms with Crippen LogP contribution < -0.4 is 14.6 Å². The molecule has 0 bridgehead atoms. The van der Waals surface area contributed by atoms with Crippen molar-refractivity contribution in [2.45, 2.75) is 31.7 Å². The normalized spacial score (nSPS) is 15.6. The van der Waals surface area contributed by atoms with Gasteiger partial charge in [0.2, 0.25) is 5.91 Å². The lowest BCUT2D eigenvalue weighted by atomic mass is 9.97. The highest BCUT2D eigenvalue weighted by Crippen LogP contribution is 2.39. The van der Waals surface area contributed by atoms with Crippen molar-refractivity contribution in [3.63, 3.8) is 0 Å². The molecule has 0 aliphatic carbocycles. The summed E-state index contributed by atoms with van der Waals surface area (Å²) >= 11 is 3.42. The van der Waals surface area contributed by atoms with Crippen molar-refractivity contribution in [2.24, 2.45) is 5.10 Å². The van der Waals surface area contributed by atoms with E-state index in [0.717, 1.165) is 21.3 Å². The van der Waals surface area contributed by atoms with E-state index in [9.17, 15) is 14.7 Å². The Balaban J connectivity index is 1.95. The fourth-order valence-corrected chi connectivity index (χ4v) is 3.66. The van der Waals surface area contributed by atoms with Gasteiger partial charge in [-0.3, -0.25) is 4.79 Å². The van der Waals surface area contributed by atoms with E-state index in [-0.39, 0.29) is 31.2 Å². The molecule has 1 aliphatic heterocycles. The molecular formula is C22H22BrN2O5-. The van der Waals surface area contributed by atoms with Crippen LogP contribution in [0.5, 0.6) is 11.5 Å². The van der Waals surface area contributed by atoms with E-state index < -0.39 is 5.97 Å². The summed E-state index contributed by atoms with van der Waals surface area (Å²) in [6.07, 6.45) is 0.587. The first-order valence-corrected chi connectivity index (χ1v) is 10.3. The molecule has 0 N–H and O–H groups in total. The predicted molar refractivity (Wildman–Crippen MR) is 113 cm³/mol. The minimum Gasteiger partial charge on any atom is -0.550 e. The number of ether oxygens (including phenoxy) is 2. The van der Waals surface area contributed by atoms with Crippen LogP contribution in [-0.4, -0.2) is 36.8 Å². The monoisotopic (exact) mass is 473 g/mol. The Hall–Kier alpha value is -2.87. The predicted octanol–water partition coefficient (Wildman–Crippen LogP) is 3.06. The molecule has 0 radical (unpaired) electrons. The molecule has 0 saturated carbocycles. The van der Waals surface area contributed by atoms with E-state index >= 15 is 0 Å². The van der Waals surface area contributed by atoms with Gasteiger partial charge in [-0.25, -0.2) is 5.01 Å². The molecule has 0 aromatic heterocycles. The second-order valence-corrected chi connectivity index (χ2v) is 7.76. The summed E-state index contributed by atoms with van der Waals surface area (Å²) < 4.78 is 11.8. The van der Waals surface area contributed by atoms with E-state index in [1.54, 1.807) is 26.4 Å². The summed E-state index contributed by atoms with van der Waals surface area (Å²) in [7, 11) is 3.15. The van der Waals surface area contributed by atoms with Gasteiger partial charge in [0.05, 0.1) is 26.0 Å². The van der Waals surface area contributed by atoms with Crippen LogP contribution in [-0.2, 0) is 9.59 Å². The number of nitrogens with zero attached hydrogens (tertiary/aromatic N) is 2. The third-order valence-electron chi connectivity index (χ3n) is 4.91. The number of hydrogen-bond acceptors (Lipinski definition) is 6. The number of hydrazone groups is 1. The fraction of sp³-hybridized carbons (Fsp3) is 0.318. The standard InChI is InChI=1S/C22H23BrN2O5/c1-29-16-10-11-20(30-2)17(12-16)19-13-18(14-6-8-15(23)9-7-14)24-25(19)21(26)4-3-5-22(27)28/h6-12,19H,3-5,13H2,1-2H3,(H,27,28)/p-1/t19-/m0/s1. The third-order valence-corrected chi connectivity index (χ3v) is 5.44. The molecule has 1 heterocycles. The first-order valence-electron chi connectivity index (χ1n) is 9.50. The average Bonchev–Trinajstić information content (AvgIpc) is 3.18. The summed E-state index contributed by atoms with van der Waals surface area (Å²) in [6.45, 7) is 0. The number of carboxylic acids is 1. The zero-order valence-corrected chi connectivity index (χ0v) is 18.3. The van der Waals surface area contributed by atoms with Crippen LogP contribution in [0.3, 0.4) is 0 Å². The van der Waals surface area contributed by atoms with Crippen molar-refractivity contribution in [3.8, 4) is 11.5 Å². The van der Waals surface area contributed by atoms with Gasteiger partial charge in [-0.1, -0.05) is 28.1 Å². The quantitative estimate of drug-likeness (QED) is 0.587. The lowest BCUT2D eigenvalue weighted by Crippen LogP contribution is -2.28. The SMILES string of the molecule is COc1ccc(OC)c([C@@H]2CC(c3ccc(Br)cc3)=NN2C(=O)CCCC(=O)[O-])c1. The van der Waals surface area contributed by atoms with Gasteiger partial charge in [0.15, 0.2) is 0 Å². The molecule has 158 valence electrons. The zero-order valence-electron chi connectivity index (χ0n) is 16.8. The van der Waals surface area contributed by atoms with Crippen LogP contribution >= 0.6 is 15.9 Å². The highest BCUT2D eigenvalue weighted by atomic mass is 79.9. The van der Waals surface area contributed by atoms with Crippen LogP contribution in [0.2, 0.25) is 0 Å². The summed E-state index contributed by atoms with van der Waals surface area (Å²) in [6, 6.07) is 12.8. The Labute approximate surface area is 183 Å². The summed E-state index contributed by atoms with van der Waals surface area (Å²) in [5, 5.41) is 16.7. The van der Waals surface area contributed by atoms with Gasteiger partial charge >= 0.3 is 0 Å². The van der Waals surface area contributed by atoms with E-state index in [1.807, 2.05) is 30.3 Å². The van der Waals surface area contributed by atoms with Gasteiger partial charge in [0.25, 0.3) is 0 Å². The molecule has 8 heteroatoms. The summed E-state index contributed by atoms with van der Waals surface area (Å²) in [5.74, 6) is -0.152. The highest BCUT2D eigenvalue weighted by molar-refractivity contribution is 9.10. The van der Waals surface area contributed by atoms with Crippen molar-refractivity contribution < 1.29 is 24.2 Å². The fourth-order valence-electron chi connectivity index (χ4n) is 3.40. The minimum atomic E-state index is -1.17. The number of halogens is 1. The number of carbonyl (C=O) groups excluding carboxylic acids is 2. The van der Waals surface area contributed by atoms with E-state index in [1.165, 1.54) is 5.01 Å². The molecule has 2 aromatic carbocycles. The van der Waals surface area contributed by atoms with E-state index in [2.05, 4.69) is 21.0 Å². The lowest BCUT2D eigenvalue weighted by molar-refractivity contribution is -0.305. The topological polar surface area (TPSA) is 91.3 Å². The molecule has 0 unspecified atom stereocenters. The molecule has 0 fully saturated rings. The van der Waals surface area contributed by atoms with Gasteiger partial charge in [0, 0.05) is 28.8 Å². The molecule has 0 spiro atoms. The lowest BCUT2D eigenvalue weighted by Gasteiger charge is -2.24. The molecule has 30 heavy (non-hydrogen) atoms. The first kappa shape index (κ1) is 21.8. The maximum atomic E-state index is 12.9. The average molecular weight is 474 g/mol. The Morgan fingerprint density at radius 1 is 1.13 bits per heavy atom. The van der Waals surface area contributed by atoms with Gasteiger partial charge in [-0.05, 0) is 48.7 Å². The number of amides is 1. The van der Waals surface area contributed by atoms with Crippen molar-refractivity contribution >= 4 is 33.5 Å². The molecule has 7 nitrogen and oxygen atoms in total. The molecule has 1 amide bonds. The highest BCUT2D eigenvalue weighted by Gasteiger charge is 2.34. The Morgan fingerprint density at radius 3 is 2.50 bits per heavy atom. The molecule has 1 atom stereocenters. The van der Waals surface area contributed by atoms with Crippen LogP contribution in [0.15, 0.2) is 52.0 Å². The number of methoxy groups -OCH3 is 2. The van der Waals surface area contributed by atoms with E-state index in [0.29, 0.717) is 17.9 Å². The Bertz CT molecular complexity index is 959. The molecule has 0 saturated heterocycles. The largest absolute Gasteiger partial charge is 0.550 e. The summed E-state index contributed by atoms with van der Waals surface area (Å²) in [4.78, 5) is 23.6. The smallest absolute Gasteiger partial charge is 0.243 e. The van der Waals surface area contributed by atoms with Crippen LogP contribution in [0.1, 0.15) is 42.9 Å². The number of rotatable bonds is 8. The maximum Gasteiger partial charge on any atom is 0.243 e. The van der Waals surface area contributed by atoms with Crippen molar-refractivity contribution in [3.05, 3.63) is 58.1 Å². The Morgan fingerprint density at radius 2 is 1.87 bits per heavy atom. The zero-order chi connectivity index (χ0) is 21.7. The number of carbonyl (C=O) groups is 2. The van der Waals surface area contributed by atoms with Gasteiger partial charge in [-0.2, -0.15) is 5.10 Å². The van der Waals surface area contributed by atoms with Crippen LogP contribution in [0, 0.1) is 0 Å². The van der Waals surface area contributed by atoms with Gasteiger partial charge in [0.1, 0.15) is 11.5 Å². The van der Waals surface area contributed by atoms with Crippen molar-refractivity contribution in [2.75, 3.05) is 14.2 Å². The van der Waals surface area contributed by atoms with Gasteiger partial charge < -0.3 is 19.4 Å². The molecular weight excluding hydrogens is 452 g/mol. The van der Waals surface area contributed by atoms with Crippen molar-refractivity contribution in [1.29, 1.82) is 0 Å². The number of carboxylic acid groups (broad SMARTS) is 1. The molecule has 2 aromatic rings. The molecule has 3 rings (SSSR count). The van der Waals surface area contributed by atoms with Crippen LogP contribution in [0.25, 0.3) is 0 Å². The summed E-state index contributed by atoms with van der Waals surface area (Å²) in [5.41, 5.74) is 2.46. The molecule has 1 aliphatic rings. The second kappa shape index (κ2) is 9.75. The van der Waals surface area contributed by atoms with Gasteiger partial charge in [-0.15, -0.1) is 0 Å². The first-order chi connectivity index (χ1) is 14.4. The number of benzene rings is 2. The Kier molecular flexibility index (Phi) is 7.10. The third kappa shape index (κ3) is 4.99. The van der Waals surface area contributed by atoms with Crippen LogP contribution in [0.4, 0.5) is 0 Å². The maximum absolute atomic E-state index is 12.9. The van der Waals surface area contributed by atoms with Crippen molar-refractivity contribution in [1.82, 2.24) is 5.01 Å².